The van der Waals surface area contributed by atoms with Crippen LogP contribution in [0, 0.1) is 6.92 Å². The van der Waals surface area contributed by atoms with E-state index in [-0.39, 0.29) is 24.0 Å². The van der Waals surface area contributed by atoms with Crippen LogP contribution in [0.3, 0.4) is 0 Å². The van der Waals surface area contributed by atoms with Crippen molar-refractivity contribution in [1.29, 1.82) is 0 Å². The highest BCUT2D eigenvalue weighted by molar-refractivity contribution is 14.0. The van der Waals surface area contributed by atoms with E-state index in [4.69, 9.17) is 9.47 Å². The second-order valence-electron chi connectivity index (χ2n) is 7.09. The first-order valence-electron chi connectivity index (χ1n) is 10.2. The summed E-state index contributed by atoms with van der Waals surface area (Å²) in [6.07, 6.45) is 0.875. The van der Waals surface area contributed by atoms with Gasteiger partial charge in [-0.05, 0) is 25.5 Å². The number of nitrogens with one attached hydrogen (secondary N) is 2. The van der Waals surface area contributed by atoms with Crippen LogP contribution in [0.25, 0.3) is 0 Å². The van der Waals surface area contributed by atoms with Crippen LogP contribution in [0.2, 0.25) is 0 Å². The van der Waals surface area contributed by atoms with Gasteiger partial charge in [-0.15, -0.1) is 35.3 Å². The minimum Gasteiger partial charge on any atom is -0.491 e. The average Bonchev–Trinajstić information content (AvgIpc) is 3.18. The summed E-state index contributed by atoms with van der Waals surface area (Å²) in [5.41, 5.74) is 3.40. The predicted molar refractivity (Wildman–Crippen MR) is 137 cm³/mol. The maximum Gasteiger partial charge on any atom is 0.191 e. The summed E-state index contributed by atoms with van der Waals surface area (Å²) in [6.45, 7) is 11.7. The molecule has 2 aromatic rings. The lowest BCUT2D eigenvalue weighted by Crippen LogP contribution is -2.38. The van der Waals surface area contributed by atoms with E-state index < -0.39 is 0 Å². The number of ether oxygens (including phenoxy) is 2. The van der Waals surface area contributed by atoms with Crippen LogP contribution in [-0.2, 0) is 17.7 Å². The standard InChI is InChI=1S/C22H34N4O2S.HI/c1-6-27-11-12-28-20-13-17(4)7-8-18(20)14-25-22(23-5)24-10-9-19-15-29-21(26-19)16(2)3;/h7-8,13,15-16H,6,9-12,14H2,1-5H3,(H2,23,24,25);1H. The molecule has 0 aliphatic heterocycles. The molecule has 8 heteroatoms. The lowest BCUT2D eigenvalue weighted by atomic mass is 10.1. The van der Waals surface area contributed by atoms with Crippen LogP contribution in [0.15, 0.2) is 28.6 Å². The van der Waals surface area contributed by atoms with Gasteiger partial charge >= 0.3 is 0 Å². The number of aryl methyl sites for hydroxylation is 1. The largest absolute Gasteiger partial charge is 0.491 e. The van der Waals surface area contributed by atoms with Crippen molar-refractivity contribution in [3.8, 4) is 5.75 Å². The van der Waals surface area contributed by atoms with E-state index in [1.54, 1.807) is 18.4 Å². The number of guanidine groups is 1. The SMILES string of the molecule is CCOCCOc1cc(C)ccc1CNC(=NC)NCCc1csc(C(C)C)n1.I. The molecule has 0 spiro atoms. The highest BCUT2D eigenvalue weighted by Crippen LogP contribution is 2.20. The Hall–Kier alpha value is -1.39. The zero-order valence-corrected chi connectivity index (χ0v) is 21.8. The summed E-state index contributed by atoms with van der Waals surface area (Å²) in [6, 6.07) is 6.25. The molecular weight excluding hydrogens is 511 g/mol. The number of hydrogen-bond donors (Lipinski definition) is 2. The molecule has 0 atom stereocenters. The topological polar surface area (TPSA) is 67.8 Å². The predicted octanol–water partition coefficient (Wildman–Crippen LogP) is 4.52. The molecular formula is C22H35IN4O2S. The van der Waals surface area contributed by atoms with E-state index in [9.17, 15) is 0 Å². The molecule has 1 heterocycles. The lowest BCUT2D eigenvalue weighted by molar-refractivity contribution is 0.110. The van der Waals surface area contributed by atoms with Gasteiger partial charge < -0.3 is 20.1 Å². The second-order valence-corrected chi connectivity index (χ2v) is 7.98. The molecule has 0 fully saturated rings. The van der Waals surface area contributed by atoms with Crippen molar-refractivity contribution < 1.29 is 9.47 Å². The highest BCUT2D eigenvalue weighted by atomic mass is 127. The molecule has 2 N–H and O–H groups in total. The molecule has 0 aliphatic carbocycles. The molecule has 1 aromatic carbocycles. The van der Waals surface area contributed by atoms with Crippen molar-refractivity contribution in [2.24, 2.45) is 4.99 Å². The van der Waals surface area contributed by atoms with Crippen molar-refractivity contribution in [1.82, 2.24) is 15.6 Å². The number of hydrogen-bond acceptors (Lipinski definition) is 5. The molecule has 30 heavy (non-hydrogen) atoms. The Kier molecular flexibility index (Phi) is 13.0. The van der Waals surface area contributed by atoms with Crippen LogP contribution in [0.5, 0.6) is 5.75 Å². The van der Waals surface area contributed by atoms with Crippen molar-refractivity contribution >= 4 is 41.3 Å². The maximum absolute atomic E-state index is 5.91. The number of aliphatic imine (C=N–C) groups is 1. The molecule has 0 saturated heterocycles. The number of halogens is 1. The van der Waals surface area contributed by atoms with Crippen LogP contribution in [-0.4, -0.2) is 44.4 Å². The third kappa shape index (κ3) is 9.18. The minimum atomic E-state index is 0. The van der Waals surface area contributed by atoms with E-state index in [1.165, 1.54) is 10.6 Å². The Morgan fingerprint density at radius 1 is 1.23 bits per heavy atom. The van der Waals surface area contributed by atoms with E-state index in [0.717, 1.165) is 35.9 Å². The summed E-state index contributed by atoms with van der Waals surface area (Å²) in [7, 11) is 1.78. The first-order chi connectivity index (χ1) is 14.0. The number of nitrogens with zero attached hydrogens (tertiary/aromatic N) is 2. The lowest BCUT2D eigenvalue weighted by Gasteiger charge is -2.15. The molecule has 6 nitrogen and oxygen atoms in total. The fourth-order valence-corrected chi connectivity index (χ4v) is 3.58. The molecule has 168 valence electrons. The van der Waals surface area contributed by atoms with E-state index in [1.807, 2.05) is 6.92 Å². The van der Waals surface area contributed by atoms with Gasteiger partial charge in [-0.3, -0.25) is 4.99 Å². The molecule has 0 unspecified atom stereocenters. The van der Waals surface area contributed by atoms with Crippen molar-refractivity contribution in [3.63, 3.8) is 0 Å². The molecule has 2 rings (SSSR count). The zero-order valence-electron chi connectivity index (χ0n) is 18.7. The van der Waals surface area contributed by atoms with Gasteiger partial charge in [0.1, 0.15) is 12.4 Å². The quantitative estimate of drug-likeness (QED) is 0.188. The van der Waals surface area contributed by atoms with Crippen molar-refractivity contribution in [2.45, 2.75) is 46.6 Å². The monoisotopic (exact) mass is 546 g/mol. The molecule has 0 amide bonds. The van der Waals surface area contributed by atoms with Crippen LogP contribution < -0.4 is 15.4 Å². The zero-order chi connectivity index (χ0) is 21.1. The normalized spacial score (nSPS) is 11.3. The number of rotatable bonds is 11. The van der Waals surface area contributed by atoms with Crippen molar-refractivity contribution in [2.75, 3.05) is 33.4 Å². The van der Waals surface area contributed by atoms with Crippen LogP contribution in [0.1, 0.15) is 48.5 Å². The minimum absolute atomic E-state index is 0. The van der Waals surface area contributed by atoms with Gasteiger partial charge in [0.15, 0.2) is 5.96 Å². The van der Waals surface area contributed by atoms with Gasteiger partial charge in [0, 0.05) is 50.0 Å². The van der Waals surface area contributed by atoms with E-state index in [2.05, 4.69) is 65.0 Å². The Morgan fingerprint density at radius 3 is 2.70 bits per heavy atom. The van der Waals surface area contributed by atoms with Crippen LogP contribution in [0.4, 0.5) is 0 Å². The van der Waals surface area contributed by atoms with Crippen molar-refractivity contribution in [3.05, 3.63) is 45.4 Å². The van der Waals surface area contributed by atoms with Gasteiger partial charge in [0.2, 0.25) is 0 Å². The summed E-state index contributed by atoms with van der Waals surface area (Å²) in [5.74, 6) is 2.14. The average molecular weight is 547 g/mol. The first-order valence-corrected chi connectivity index (χ1v) is 11.1. The molecule has 1 aromatic heterocycles. The smallest absolute Gasteiger partial charge is 0.191 e. The summed E-state index contributed by atoms with van der Waals surface area (Å²) in [4.78, 5) is 9.00. The highest BCUT2D eigenvalue weighted by Gasteiger charge is 2.08. The number of aromatic nitrogens is 1. The summed E-state index contributed by atoms with van der Waals surface area (Å²) < 4.78 is 11.3. The van der Waals surface area contributed by atoms with Crippen LogP contribution >= 0.6 is 35.3 Å². The fraction of sp³-hybridized carbons (Fsp3) is 0.545. The summed E-state index contributed by atoms with van der Waals surface area (Å²) >= 11 is 1.73. The molecule has 0 aliphatic rings. The van der Waals surface area contributed by atoms with Gasteiger partial charge in [-0.25, -0.2) is 4.98 Å². The third-order valence-electron chi connectivity index (χ3n) is 4.32. The van der Waals surface area contributed by atoms with Gasteiger partial charge in [-0.1, -0.05) is 26.0 Å². The maximum atomic E-state index is 5.91. The fourth-order valence-electron chi connectivity index (χ4n) is 2.71. The summed E-state index contributed by atoms with van der Waals surface area (Å²) in [5, 5.41) is 10.1. The third-order valence-corrected chi connectivity index (χ3v) is 5.51. The Bertz CT molecular complexity index is 780. The molecule has 0 radical (unpaired) electrons. The Labute approximate surface area is 201 Å². The second kappa shape index (κ2) is 14.6. The van der Waals surface area contributed by atoms with Gasteiger partial charge in [0.25, 0.3) is 0 Å². The molecule has 0 bridgehead atoms. The van der Waals surface area contributed by atoms with E-state index >= 15 is 0 Å². The first kappa shape index (κ1) is 26.6. The number of benzene rings is 1. The molecule has 0 saturated carbocycles. The Morgan fingerprint density at radius 2 is 2.03 bits per heavy atom. The Balaban J connectivity index is 0.00000450. The van der Waals surface area contributed by atoms with Gasteiger partial charge in [0.05, 0.1) is 17.3 Å². The number of thiazole rings is 1. The van der Waals surface area contributed by atoms with E-state index in [0.29, 0.717) is 32.3 Å². The van der Waals surface area contributed by atoms with Gasteiger partial charge in [-0.2, -0.15) is 0 Å².